The molecule has 0 fully saturated rings. The highest BCUT2D eigenvalue weighted by Gasteiger charge is 2.11. The van der Waals surface area contributed by atoms with Gasteiger partial charge in [0.2, 0.25) is 0 Å². The van der Waals surface area contributed by atoms with Gasteiger partial charge in [0.1, 0.15) is 0 Å². The highest BCUT2D eigenvalue weighted by atomic mass is 15.2. The van der Waals surface area contributed by atoms with Gasteiger partial charge in [0.25, 0.3) is 0 Å². The summed E-state index contributed by atoms with van der Waals surface area (Å²) in [6.45, 7) is 5.30. The van der Waals surface area contributed by atoms with Crippen molar-refractivity contribution in [3.8, 4) is 0 Å². The van der Waals surface area contributed by atoms with Crippen molar-refractivity contribution in [2.75, 3.05) is 17.3 Å². The Bertz CT molecular complexity index is 508. The van der Waals surface area contributed by atoms with Crippen molar-refractivity contribution in [3.05, 3.63) is 54.4 Å². The Kier molecular flexibility index (Phi) is 4.39. The predicted octanol–water partition coefficient (Wildman–Crippen LogP) is 3.54. The van der Waals surface area contributed by atoms with E-state index in [-0.39, 0.29) is 0 Å². The van der Waals surface area contributed by atoms with Crippen LogP contribution in [0.25, 0.3) is 0 Å². The minimum Gasteiger partial charge on any atom is -0.387 e. The van der Waals surface area contributed by atoms with E-state index in [2.05, 4.69) is 59.4 Å². The minimum absolute atomic E-state index is 0.425. The van der Waals surface area contributed by atoms with E-state index in [4.69, 9.17) is 0 Å². The number of pyridine rings is 1. The van der Waals surface area contributed by atoms with Crippen LogP contribution in [0.4, 0.5) is 11.4 Å². The van der Waals surface area contributed by atoms with Crippen LogP contribution in [0.3, 0.4) is 0 Å². The smallest absolute Gasteiger partial charge is 0.0578 e. The summed E-state index contributed by atoms with van der Waals surface area (Å²) < 4.78 is 0. The molecule has 0 saturated heterocycles. The maximum Gasteiger partial charge on any atom is 0.0578 e. The lowest BCUT2D eigenvalue weighted by Gasteiger charge is -2.29. The summed E-state index contributed by atoms with van der Waals surface area (Å²) in [6, 6.07) is 13.1. The number of aromatic nitrogens is 1. The highest BCUT2D eigenvalue weighted by Crippen LogP contribution is 2.22. The first kappa shape index (κ1) is 13.4. The van der Waals surface area contributed by atoms with Gasteiger partial charge in [-0.05, 0) is 25.5 Å². The molecule has 0 spiro atoms. The van der Waals surface area contributed by atoms with E-state index in [1.54, 1.807) is 0 Å². The summed E-state index contributed by atoms with van der Waals surface area (Å²) in [7, 11) is 1.91. The zero-order valence-electron chi connectivity index (χ0n) is 11.8. The number of rotatable bonds is 5. The molecule has 3 nitrogen and oxygen atoms in total. The van der Waals surface area contributed by atoms with Gasteiger partial charge in [0.05, 0.1) is 23.8 Å². The second-order valence-electron chi connectivity index (χ2n) is 4.89. The van der Waals surface area contributed by atoms with Crippen molar-refractivity contribution in [2.24, 2.45) is 0 Å². The third-order valence-corrected chi connectivity index (χ3v) is 3.16. The minimum atomic E-state index is 0.425. The molecule has 19 heavy (non-hydrogen) atoms. The summed E-state index contributed by atoms with van der Waals surface area (Å²) in [5.74, 6) is 0. The molecular weight excluding hydrogens is 234 g/mol. The third-order valence-electron chi connectivity index (χ3n) is 3.16. The lowest BCUT2D eigenvalue weighted by molar-refractivity contribution is 0.681. The summed E-state index contributed by atoms with van der Waals surface area (Å²) in [6.07, 6.45) is 3.76. The van der Waals surface area contributed by atoms with Crippen LogP contribution in [-0.4, -0.2) is 18.1 Å². The van der Waals surface area contributed by atoms with Crippen LogP contribution in [0, 0.1) is 0 Å². The number of hydrogen-bond acceptors (Lipinski definition) is 3. The molecule has 0 bridgehead atoms. The number of anilines is 2. The maximum atomic E-state index is 4.30. The standard InChI is InChI=1S/C16H21N3/c1-13(2)19(12-14-7-5-4-6-8-14)16-9-15(17-3)10-18-11-16/h4-11,13,17H,12H2,1-3H3. The van der Waals surface area contributed by atoms with E-state index in [0.717, 1.165) is 17.9 Å². The molecule has 1 N–H and O–H groups in total. The van der Waals surface area contributed by atoms with Gasteiger partial charge in [-0.1, -0.05) is 30.3 Å². The van der Waals surface area contributed by atoms with E-state index in [1.807, 2.05) is 25.5 Å². The van der Waals surface area contributed by atoms with Crippen LogP contribution in [-0.2, 0) is 6.54 Å². The molecule has 0 aliphatic heterocycles. The number of nitrogens with zero attached hydrogens (tertiary/aromatic N) is 2. The molecule has 0 radical (unpaired) electrons. The van der Waals surface area contributed by atoms with Gasteiger partial charge in [0, 0.05) is 19.6 Å². The van der Waals surface area contributed by atoms with Crippen LogP contribution in [0.2, 0.25) is 0 Å². The molecule has 1 aromatic carbocycles. The van der Waals surface area contributed by atoms with Crippen molar-refractivity contribution in [1.82, 2.24) is 4.98 Å². The summed E-state index contributed by atoms with van der Waals surface area (Å²) >= 11 is 0. The molecule has 0 aliphatic carbocycles. The molecule has 0 atom stereocenters. The fraction of sp³-hybridized carbons (Fsp3) is 0.312. The Hall–Kier alpha value is -2.03. The monoisotopic (exact) mass is 255 g/mol. The average molecular weight is 255 g/mol. The third kappa shape index (κ3) is 3.47. The normalized spacial score (nSPS) is 10.5. The first-order valence-corrected chi connectivity index (χ1v) is 6.64. The van der Waals surface area contributed by atoms with Crippen molar-refractivity contribution in [2.45, 2.75) is 26.4 Å². The van der Waals surface area contributed by atoms with Crippen LogP contribution < -0.4 is 10.2 Å². The van der Waals surface area contributed by atoms with Crippen molar-refractivity contribution < 1.29 is 0 Å². The fourth-order valence-electron chi connectivity index (χ4n) is 2.07. The Morgan fingerprint density at radius 2 is 1.89 bits per heavy atom. The Balaban J connectivity index is 2.24. The van der Waals surface area contributed by atoms with Crippen molar-refractivity contribution in [1.29, 1.82) is 0 Å². The molecule has 2 rings (SSSR count). The number of nitrogens with one attached hydrogen (secondary N) is 1. The molecule has 0 saturated carbocycles. The van der Waals surface area contributed by atoms with Crippen LogP contribution >= 0.6 is 0 Å². The van der Waals surface area contributed by atoms with Crippen LogP contribution in [0.1, 0.15) is 19.4 Å². The van der Waals surface area contributed by atoms with Crippen molar-refractivity contribution in [3.63, 3.8) is 0 Å². The summed E-state index contributed by atoms with van der Waals surface area (Å²) in [5.41, 5.74) is 3.49. The first-order chi connectivity index (χ1) is 9.20. The van der Waals surface area contributed by atoms with E-state index in [1.165, 1.54) is 5.56 Å². The SMILES string of the molecule is CNc1cncc(N(Cc2ccccc2)C(C)C)c1. The van der Waals surface area contributed by atoms with Crippen LogP contribution in [0.5, 0.6) is 0 Å². The molecule has 0 amide bonds. The Morgan fingerprint density at radius 3 is 2.53 bits per heavy atom. The number of hydrogen-bond donors (Lipinski definition) is 1. The van der Waals surface area contributed by atoms with E-state index < -0.39 is 0 Å². The molecule has 0 aliphatic rings. The molecule has 1 heterocycles. The Morgan fingerprint density at radius 1 is 1.16 bits per heavy atom. The van der Waals surface area contributed by atoms with Gasteiger partial charge < -0.3 is 10.2 Å². The van der Waals surface area contributed by atoms with Gasteiger partial charge in [-0.3, -0.25) is 4.98 Å². The lowest BCUT2D eigenvalue weighted by atomic mass is 10.1. The van der Waals surface area contributed by atoms with E-state index in [0.29, 0.717) is 6.04 Å². The molecule has 1 aromatic heterocycles. The number of benzene rings is 1. The predicted molar refractivity (Wildman–Crippen MR) is 81.5 cm³/mol. The fourth-order valence-corrected chi connectivity index (χ4v) is 2.07. The molecule has 100 valence electrons. The molecule has 2 aromatic rings. The largest absolute Gasteiger partial charge is 0.387 e. The zero-order chi connectivity index (χ0) is 13.7. The topological polar surface area (TPSA) is 28.2 Å². The maximum absolute atomic E-state index is 4.30. The van der Waals surface area contributed by atoms with Gasteiger partial charge >= 0.3 is 0 Å². The highest BCUT2D eigenvalue weighted by molar-refractivity contribution is 5.56. The zero-order valence-corrected chi connectivity index (χ0v) is 11.8. The van der Waals surface area contributed by atoms with Crippen molar-refractivity contribution >= 4 is 11.4 Å². The second-order valence-corrected chi connectivity index (χ2v) is 4.89. The second kappa shape index (κ2) is 6.23. The van der Waals surface area contributed by atoms with Crippen LogP contribution in [0.15, 0.2) is 48.8 Å². The van der Waals surface area contributed by atoms with E-state index in [9.17, 15) is 0 Å². The molecule has 0 unspecified atom stereocenters. The quantitative estimate of drug-likeness (QED) is 0.885. The molecular formula is C16H21N3. The first-order valence-electron chi connectivity index (χ1n) is 6.64. The summed E-state index contributed by atoms with van der Waals surface area (Å²) in [5, 5.41) is 3.14. The van der Waals surface area contributed by atoms with Gasteiger partial charge in [-0.2, -0.15) is 0 Å². The van der Waals surface area contributed by atoms with E-state index >= 15 is 0 Å². The average Bonchev–Trinajstić information content (AvgIpc) is 2.45. The summed E-state index contributed by atoms with van der Waals surface area (Å²) in [4.78, 5) is 6.65. The lowest BCUT2D eigenvalue weighted by Crippen LogP contribution is -2.30. The van der Waals surface area contributed by atoms with Gasteiger partial charge in [-0.25, -0.2) is 0 Å². The van der Waals surface area contributed by atoms with Gasteiger partial charge in [-0.15, -0.1) is 0 Å². The van der Waals surface area contributed by atoms with Gasteiger partial charge in [0.15, 0.2) is 0 Å². The Labute approximate surface area is 115 Å². The molecule has 3 heteroatoms.